The van der Waals surface area contributed by atoms with Gasteiger partial charge in [0.25, 0.3) is 11.5 Å². The number of amides is 1. The Morgan fingerprint density at radius 2 is 1.79 bits per heavy atom. The van der Waals surface area contributed by atoms with E-state index in [4.69, 9.17) is 4.74 Å². The molecule has 28 heavy (non-hydrogen) atoms. The molecule has 1 amide bonds. The van der Waals surface area contributed by atoms with E-state index < -0.39 is 11.5 Å². The van der Waals surface area contributed by atoms with Crippen LogP contribution in [0.5, 0.6) is 5.75 Å². The molecular weight excluding hydrogens is 356 g/mol. The minimum atomic E-state index is -0.519. The zero-order valence-corrected chi connectivity index (χ0v) is 15.6. The lowest BCUT2D eigenvalue weighted by molar-refractivity contribution is 0.101. The Morgan fingerprint density at radius 3 is 2.46 bits per heavy atom. The Balaban J connectivity index is 1.81. The Labute approximate surface area is 162 Å². The van der Waals surface area contributed by atoms with Crippen LogP contribution in [0.2, 0.25) is 0 Å². The number of nitrogens with one attached hydrogen (secondary N) is 1. The van der Waals surface area contributed by atoms with E-state index in [0.29, 0.717) is 17.8 Å². The zero-order valence-electron chi connectivity index (χ0n) is 15.6. The van der Waals surface area contributed by atoms with Crippen molar-refractivity contribution in [3.63, 3.8) is 0 Å². The van der Waals surface area contributed by atoms with Crippen molar-refractivity contribution < 1.29 is 14.3 Å². The number of Topliss-reactive ketones (excluding diaryl/α,β-unsaturated/α-hetero) is 1. The van der Waals surface area contributed by atoms with E-state index in [1.165, 1.54) is 17.6 Å². The number of carbonyl (C=O) groups is 2. The average molecular weight is 376 g/mol. The van der Waals surface area contributed by atoms with E-state index in [1.807, 2.05) is 24.3 Å². The molecule has 3 rings (SSSR count). The summed E-state index contributed by atoms with van der Waals surface area (Å²) in [5, 5.41) is 2.68. The fraction of sp³-hybridized carbons (Fsp3) is 0.136. The van der Waals surface area contributed by atoms with Crippen molar-refractivity contribution in [2.45, 2.75) is 13.5 Å². The molecule has 0 atom stereocenters. The monoisotopic (exact) mass is 376 g/mol. The van der Waals surface area contributed by atoms with Crippen LogP contribution in [0.4, 0.5) is 5.69 Å². The highest BCUT2D eigenvalue weighted by Crippen LogP contribution is 2.13. The number of benzene rings is 2. The summed E-state index contributed by atoms with van der Waals surface area (Å²) < 4.78 is 6.61. The molecule has 0 aliphatic carbocycles. The van der Waals surface area contributed by atoms with Crippen molar-refractivity contribution in [3.8, 4) is 5.75 Å². The molecule has 1 heterocycles. The molecule has 0 saturated carbocycles. The van der Waals surface area contributed by atoms with E-state index in [1.54, 1.807) is 43.6 Å². The molecule has 0 aliphatic rings. The first-order valence-electron chi connectivity index (χ1n) is 8.72. The van der Waals surface area contributed by atoms with Crippen molar-refractivity contribution in [2.24, 2.45) is 0 Å². The first-order chi connectivity index (χ1) is 13.5. The maximum atomic E-state index is 12.7. The molecule has 1 N–H and O–H groups in total. The summed E-state index contributed by atoms with van der Waals surface area (Å²) in [6.07, 6.45) is 1.64. The van der Waals surface area contributed by atoms with E-state index in [-0.39, 0.29) is 11.3 Å². The summed E-state index contributed by atoms with van der Waals surface area (Å²) in [6, 6.07) is 17.1. The standard InChI is InChI=1S/C22H20N2O4/c1-15(25)17-5-3-6-18(13-17)23-21(26)20-7-4-12-24(22(20)27)14-16-8-10-19(28-2)11-9-16/h3-13H,14H2,1-2H3,(H,23,26). The average Bonchev–Trinajstić information content (AvgIpc) is 2.70. The third-order valence-corrected chi connectivity index (χ3v) is 4.30. The van der Waals surface area contributed by atoms with Gasteiger partial charge in [-0.15, -0.1) is 0 Å². The van der Waals surface area contributed by atoms with Gasteiger partial charge in [0, 0.05) is 17.4 Å². The minimum absolute atomic E-state index is 0.0317. The van der Waals surface area contributed by atoms with Crippen LogP contribution in [0.25, 0.3) is 0 Å². The molecular formula is C22H20N2O4. The SMILES string of the molecule is COc1ccc(Cn2cccc(C(=O)Nc3cccc(C(C)=O)c3)c2=O)cc1. The maximum Gasteiger partial charge on any atom is 0.263 e. The van der Waals surface area contributed by atoms with Crippen LogP contribution in [0, 0.1) is 0 Å². The van der Waals surface area contributed by atoms with Gasteiger partial charge < -0.3 is 14.6 Å². The largest absolute Gasteiger partial charge is 0.497 e. The maximum absolute atomic E-state index is 12.7. The summed E-state index contributed by atoms with van der Waals surface area (Å²) in [4.78, 5) is 36.8. The number of carbonyl (C=O) groups excluding carboxylic acids is 2. The number of nitrogens with zero attached hydrogens (tertiary/aromatic N) is 1. The number of hydrogen-bond acceptors (Lipinski definition) is 4. The third-order valence-electron chi connectivity index (χ3n) is 4.30. The molecule has 0 bridgehead atoms. The Bertz CT molecular complexity index is 1070. The van der Waals surface area contributed by atoms with E-state index in [0.717, 1.165) is 11.3 Å². The number of ketones is 1. The number of anilines is 1. The van der Waals surface area contributed by atoms with Gasteiger partial charge in [0.2, 0.25) is 0 Å². The predicted octanol–water partition coefficient (Wildman–Crippen LogP) is 3.36. The normalized spacial score (nSPS) is 10.4. The Hall–Kier alpha value is -3.67. The number of rotatable bonds is 6. The van der Waals surface area contributed by atoms with E-state index in [9.17, 15) is 14.4 Å². The van der Waals surface area contributed by atoms with Crippen molar-refractivity contribution >= 4 is 17.4 Å². The molecule has 0 unspecified atom stereocenters. The first kappa shape index (κ1) is 19.1. The summed E-state index contributed by atoms with van der Waals surface area (Å²) in [5.74, 6) is 0.115. The molecule has 0 spiro atoms. The van der Waals surface area contributed by atoms with Gasteiger partial charge in [0.15, 0.2) is 5.78 Å². The van der Waals surface area contributed by atoms with Crippen molar-refractivity contribution in [3.05, 3.63) is 93.9 Å². The van der Waals surface area contributed by atoms with Gasteiger partial charge in [0.05, 0.1) is 13.7 Å². The smallest absolute Gasteiger partial charge is 0.263 e. The fourth-order valence-electron chi connectivity index (χ4n) is 2.78. The van der Waals surface area contributed by atoms with Gasteiger partial charge in [-0.3, -0.25) is 14.4 Å². The lowest BCUT2D eigenvalue weighted by Crippen LogP contribution is -2.29. The van der Waals surface area contributed by atoms with Crippen LogP contribution in [0.15, 0.2) is 71.7 Å². The van der Waals surface area contributed by atoms with Crippen LogP contribution in [0.1, 0.15) is 33.2 Å². The second kappa shape index (κ2) is 8.35. The Kier molecular flexibility index (Phi) is 5.69. The number of ether oxygens (including phenoxy) is 1. The summed E-state index contributed by atoms with van der Waals surface area (Å²) in [5.41, 5.74) is 1.50. The van der Waals surface area contributed by atoms with Gasteiger partial charge in [-0.25, -0.2) is 0 Å². The van der Waals surface area contributed by atoms with E-state index >= 15 is 0 Å². The highest BCUT2D eigenvalue weighted by atomic mass is 16.5. The molecule has 0 fully saturated rings. The number of methoxy groups -OCH3 is 1. The zero-order chi connectivity index (χ0) is 20.1. The molecule has 6 heteroatoms. The summed E-state index contributed by atoms with van der Waals surface area (Å²) in [6.45, 7) is 1.79. The lowest BCUT2D eigenvalue weighted by atomic mass is 10.1. The van der Waals surface area contributed by atoms with Crippen molar-refractivity contribution in [1.29, 1.82) is 0 Å². The highest BCUT2D eigenvalue weighted by molar-refractivity contribution is 6.04. The Morgan fingerprint density at radius 1 is 1.04 bits per heavy atom. The molecule has 0 aliphatic heterocycles. The van der Waals surface area contributed by atoms with Crippen LogP contribution in [0.3, 0.4) is 0 Å². The molecule has 0 radical (unpaired) electrons. The quantitative estimate of drug-likeness (QED) is 0.669. The van der Waals surface area contributed by atoms with Crippen LogP contribution < -0.4 is 15.6 Å². The van der Waals surface area contributed by atoms with Crippen molar-refractivity contribution in [1.82, 2.24) is 4.57 Å². The highest BCUT2D eigenvalue weighted by Gasteiger charge is 2.13. The van der Waals surface area contributed by atoms with Crippen LogP contribution in [-0.4, -0.2) is 23.4 Å². The second-order valence-corrected chi connectivity index (χ2v) is 6.29. The topological polar surface area (TPSA) is 77.4 Å². The van der Waals surface area contributed by atoms with Gasteiger partial charge in [-0.1, -0.05) is 24.3 Å². The van der Waals surface area contributed by atoms with Gasteiger partial charge in [0.1, 0.15) is 11.3 Å². The van der Waals surface area contributed by atoms with Crippen LogP contribution in [-0.2, 0) is 6.54 Å². The first-order valence-corrected chi connectivity index (χ1v) is 8.72. The number of aromatic nitrogens is 1. The molecule has 0 saturated heterocycles. The third kappa shape index (κ3) is 4.35. The molecule has 3 aromatic rings. The van der Waals surface area contributed by atoms with Gasteiger partial charge >= 0.3 is 0 Å². The summed E-state index contributed by atoms with van der Waals surface area (Å²) >= 11 is 0. The molecule has 1 aromatic heterocycles. The lowest BCUT2D eigenvalue weighted by Gasteiger charge is -2.10. The minimum Gasteiger partial charge on any atom is -0.497 e. The fourth-order valence-corrected chi connectivity index (χ4v) is 2.78. The number of hydrogen-bond donors (Lipinski definition) is 1. The van der Waals surface area contributed by atoms with Crippen molar-refractivity contribution in [2.75, 3.05) is 12.4 Å². The predicted molar refractivity (Wildman–Crippen MR) is 107 cm³/mol. The van der Waals surface area contributed by atoms with E-state index in [2.05, 4.69) is 5.32 Å². The molecule has 142 valence electrons. The molecule has 6 nitrogen and oxygen atoms in total. The second-order valence-electron chi connectivity index (χ2n) is 6.29. The van der Waals surface area contributed by atoms with Gasteiger partial charge in [-0.05, 0) is 48.9 Å². The molecule has 2 aromatic carbocycles. The van der Waals surface area contributed by atoms with Gasteiger partial charge in [-0.2, -0.15) is 0 Å². The summed E-state index contributed by atoms with van der Waals surface area (Å²) in [7, 11) is 1.59. The van der Waals surface area contributed by atoms with Crippen LogP contribution >= 0.6 is 0 Å². The number of pyridine rings is 1.